The lowest BCUT2D eigenvalue weighted by Crippen LogP contribution is -2.18. The standard InChI is InChI=1S/C12H14F4/c1-4-11(2,3)8-5-6-10(13)9(7-8)12(14,15)16/h5-7H,4H2,1-3H3. The highest BCUT2D eigenvalue weighted by molar-refractivity contribution is 5.31. The minimum atomic E-state index is -4.64. The van der Waals surface area contributed by atoms with Gasteiger partial charge >= 0.3 is 6.18 Å². The number of rotatable bonds is 2. The summed E-state index contributed by atoms with van der Waals surface area (Å²) in [5.41, 5.74) is -1.07. The van der Waals surface area contributed by atoms with Gasteiger partial charge in [0.1, 0.15) is 5.82 Å². The van der Waals surface area contributed by atoms with E-state index in [0.717, 1.165) is 12.1 Å². The number of hydrogen-bond donors (Lipinski definition) is 0. The monoisotopic (exact) mass is 234 g/mol. The highest BCUT2D eigenvalue weighted by Gasteiger charge is 2.35. The first kappa shape index (κ1) is 13.0. The summed E-state index contributed by atoms with van der Waals surface area (Å²) in [6, 6.07) is 3.20. The third-order valence-electron chi connectivity index (χ3n) is 2.94. The molecule has 0 N–H and O–H groups in total. The first-order valence-electron chi connectivity index (χ1n) is 5.05. The normalized spacial score (nSPS) is 12.9. The fourth-order valence-corrected chi connectivity index (χ4v) is 1.37. The molecule has 0 radical (unpaired) electrons. The van der Waals surface area contributed by atoms with Crippen LogP contribution in [0.25, 0.3) is 0 Å². The Kier molecular flexibility index (Phi) is 3.31. The molecule has 0 aliphatic rings. The van der Waals surface area contributed by atoms with Gasteiger partial charge < -0.3 is 0 Å². The lowest BCUT2D eigenvalue weighted by atomic mass is 9.81. The van der Waals surface area contributed by atoms with Crippen LogP contribution in [0.15, 0.2) is 18.2 Å². The van der Waals surface area contributed by atoms with Crippen molar-refractivity contribution < 1.29 is 17.6 Å². The van der Waals surface area contributed by atoms with Gasteiger partial charge in [-0.15, -0.1) is 0 Å². The van der Waals surface area contributed by atoms with E-state index in [0.29, 0.717) is 12.0 Å². The van der Waals surface area contributed by atoms with Crippen LogP contribution in [0, 0.1) is 5.82 Å². The Balaban J connectivity index is 3.29. The van der Waals surface area contributed by atoms with Crippen molar-refractivity contribution in [3.63, 3.8) is 0 Å². The second-order valence-electron chi connectivity index (χ2n) is 4.43. The first-order valence-corrected chi connectivity index (χ1v) is 5.05. The zero-order valence-corrected chi connectivity index (χ0v) is 9.45. The van der Waals surface area contributed by atoms with Crippen LogP contribution >= 0.6 is 0 Å². The molecule has 0 aliphatic heterocycles. The SMILES string of the molecule is CCC(C)(C)c1ccc(F)c(C(F)(F)F)c1. The molecule has 0 nitrogen and oxygen atoms in total. The minimum Gasteiger partial charge on any atom is -0.206 e. The summed E-state index contributed by atoms with van der Waals surface area (Å²) in [6.45, 7) is 5.55. The van der Waals surface area contributed by atoms with Gasteiger partial charge in [-0.3, -0.25) is 0 Å². The smallest absolute Gasteiger partial charge is 0.206 e. The fraction of sp³-hybridized carbons (Fsp3) is 0.500. The molecular formula is C12H14F4. The molecule has 0 saturated heterocycles. The third-order valence-corrected chi connectivity index (χ3v) is 2.94. The summed E-state index contributed by atoms with van der Waals surface area (Å²) in [4.78, 5) is 0. The van der Waals surface area contributed by atoms with Crippen LogP contribution in [0.2, 0.25) is 0 Å². The maximum absolute atomic E-state index is 13.0. The van der Waals surface area contributed by atoms with Crippen molar-refractivity contribution in [2.75, 3.05) is 0 Å². The molecule has 0 atom stereocenters. The Morgan fingerprint density at radius 3 is 2.12 bits per heavy atom. The Morgan fingerprint density at radius 2 is 1.69 bits per heavy atom. The molecule has 16 heavy (non-hydrogen) atoms. The van der Waals surface area contributed by atoms with Crippen molar-refractivity contribution in [3.05, 3.63) is 35.1 Å². The van der Waals surface area contributed by atoms with E-state index in [1.807, 2.05) is 20.8 Å². The van der Waals surface area contributed by atoms with Crippen molar-refractivity contribution in [1.29, 1.82) is 0 Å². The number of hydrogen-bond acceptors (Lipinski definition) is 0. The Morgan fingerprint density at radius 1 is 1.12 bits per heavy atom. The number of halogens is 4. The predicted octanol–water partition coefficient (Wildman–Crippen LogP) is 4.53. The molecule has 0 bridgehead atoms. The zero-order valence-electron chi connectivity index (χ0n) is 9.45. The number of alkyl halides is 3. The average molecular weight is 234 g/mol. The van der Waals surface area contributed by atoms with Crippen molar-refractivity contribution in [2.24, 2.45) is 0 Å². The van der Waals surface area contributed by atoms with E-state index < -0.39 is 17.6 Å². The van der Waals surface area contributed by atoms with Gasteiger partial charge in [0.05, 0.1) is 5.56 Å². The highest BCUT2D eigenvalue weighted by atomic mass is 19.4. The van der Waals surface area contributed by atoms with E-state index in [9.17, 15) is 17.6 Å². The minimum absolute atomic E-state index is 0.381. The quantitative estimate of drug-likeness (QED) is 0.659. The lowest BCUT2D eigenvalue weighted by molar-refractivity contribution is -0.140. The Labute approximate surface area is 92.3 Å². The van der Waals surface area contributed by atoms with E-state index in [-0.39, 0.29) is 5.41 Å². The topological polar surface area (TPSA) is 0 Å². The molecule has 4 heteroatoms. The molecule has 0 aromatic heterocycles. The Hall–Kier alpha value is -1.06. The summed E-state index contributed by atoms with van der Waals surface area (Å²) < 4.78 is 50.5. The molecule has 0 heterocycles. The molecule has 0 amide bonds. The van der Waals surface area contributed by atoms with Crippen LogP contribution in [-0.4, -0.2) is 0 Å². The van der Waals surface area contributed by atoms with Gasteiger partial charge in [-0.1, -0.05) is 26.8 Å². The van der Waals surface area contributed by atoms with Crippen LogP contribution in [0.4, 0.5) is 17.6 Å². The van der Waals surface area contributed by atoms with Crippen LogP contribution in [-0.2, 0) is 11.6 Å². The van der Waals surface area contributed by atoms with Gasteiger partial charge in [-0.05, 0) is 29.5 Å². The summed E-state index contributed by atoms with van der Waals surface area (Å²) in [5, 5.41) is 0. The van der Waals surface area contributed by atoms with Crippen molar-refractivity contribution >= 4 is 0 Å². The zero-order chi connectivity index (χ0) is 12.6. The van der Waals surface area contributed by atoms with Crippen molar-refractivity contribution in [3.8, 4) is 0 Å². The molecule has 0 unspecified atom stereocenters. The average Bonchev–Trinajstić information content (AvgIpc) is 2.16. The van der Waals surface area contributed by atoms with Crippen LogP contribution in [0.3, 0.4) is 0 Å². The van der Waals surface area contributed by atoms with E-state index in [4.69, 9.17) is 0 Å². The molecule has 1 rings (SSSR count). The fourth-order valence-electron chi connectivity index (χ4n) is 1.37. The first-order chi connectivity index (χ1) is 7.18. The van der Waals surface area contributed by atoms with Gasteiger partial charge in [0.2, 0.25) is 0 Å². The Bertz CT molecular complexity index is 377. The number of benzene rings is 1. The molecule has 1 aromatic rings. The van der Waals surface area contributed by atoms with Crippen LogP contribution in [0.1, 0.15) is 38.3 Å². The molecule has 0 saturated carbocycles. The molecule has 0 spiro atoms. The highest BCUT2D eigenvalue weighted by Crippen LogP contribution is 2.35. The third kappa shape index (κ3) is 2.54. The van der Waals surface area contributed by atoms with E-state index in [2.05, 4.69) is 0 Å². The predicted molar refractivity (Wildman–Crippen MR) is 54.7 cm³/mol. The van der Waals surface area contributed by atoms with Crippen molar-refractivity contribution in [2.45, 2.75) is 38.8 Å². The second kappa shape index (κ2) is 4.07. The maximum atomic E-state index is 13.0. The van der Waals surface area contributed by atoms with Gasteiger partial charge in [0, 0.05) is 0 Å². The molecule has 1 aromatic carbocycles. The van der Waals surface area contributed by atoms with Gasteiger partial charge in [0.15, 0.2) is 0 Å². The summed E-state index contributed by atoms with van der Waals surface area (Å²) >= 11 is 0. The van der Waals surface area contributed by atoms with Crippen molar-refractivity contribution in [1.82, 2.24) is 0 Å². The van der Waals surface area contributed by atoms with Gasteiger partial charge in [-0.2, -0.15) is 13.2 Å². The van der Waals surface area contributed by atoms with Gasteiger partial charge in [-0.25, -0.2) is 4.39 Å². The van der Waals surface area contributed by atoms with E-state index in [1.165, 1.54) is 6.07 Å². The summed E-state index contributed by atoms with van der Waals surface area (Å²) in [6.07, 6.45) is -3.94. The largest absolute Gasteiger partial charge is 0.419 e. The van der Waals surface area contributed by atoms with E-state index >= 15 is 0 Å². The summed E-state index contributed by atoms with van der Waals surface area (Å²) in [5.74, 6) is -1.22. The second-order valence-corrected chi connectivity index (χ2v) is 4.43. The molecule has 0 fully saturated rings. The lowest BCUT2D eigenvalue weighted by Gasteiger charge is -2.24. The van der Waals surface area contributed by atoms with E-state index in [1.54, 1.807) is 0 Å². The molecule has 0 aliphatic carbocycles. The van der Waals surface area contributed by atoms with Gasteiger partial charge in [0.25, 0.3) is 0 Å². The van der Waals surface area contributed by atoms with Crippen LogP contribution < -0.4 is 0 Å². The summed E-state index contributed by atoms with van der Waals surface area (Å²) in [7, 11) is 0. The van der Waals surface area contributed by atoms with Crippen LogP contribution in [0.5, 0.6) is 0 Å². The molecule has 90 valence electrons. The molecular weight excluding hydrogens is 220 g/mol. The maximum Gasteiger partial charge on any atom is 0.419 e.